The number of hydrogen-bond acceptors (Lipinski definition) is 6. The van der Waals surface area contributed by atoms with E-state index in [0.29, 0.717) is 12.1 Å². The van der Waals surface area contributed by atoms with Crippen molar-refractivity contribution in [2.45, 2.75) is 38.3 Å². The summed E-state index contributed by atoms with van der Waals surface area (Å²) in [6.07, 6.45) is -1.63. The van der Waals surface area contributed by atoms with Crippen molar-refractivity contribution in [3.8, 4) is 23.0 Å². The molecule has 8 heteroatoms. The van der Waals surface area contributed by atoms with Crippen LogP contribution in [0.25, 0.3) is 11.1 Å². The highest BCUT2D eigenvalue weighted by Gasteiger charge is 2.49. The van der Waals surface area contributed by atoms with E-state index in [9.17, 15) is 19.8 Å². The van der Waals surface area contributed by atoms with Crippen molar-refractivity contribution in [3.05, 3.63) is 131 Å². The van der Waals surface area contributed by atoms with E-state index in [1.54, 1.807) is 36.3 Å². The Kier molecular flexibility index (Phi) is 10.7. The van der Waals surface area contributed by atoms with Gasteiger partial charge >= 0.3 is 0 Å². The molecule has 0 unspecified atom stereocenters. The van der Waals surface area contributed by atoms with Gasteiger partial charge in [-0.15, -0.1) is 0 Å². The van der Waals surface area contributed by atoms with Crippen molar-refractivity contribution in [2.75, 3.05) is 13.2 Å². The lowest BCUT2D eigenvalue weighted by atomic mass is 9.89. The van der Waals surface area contributed by atoms with Crippen LogP contribution in [0.1, 0.15) is 34.0 Å². The second-order valence-corrected chi connectivity index (χ2v) is 11.0. The van der Waals surface area contributed by atoms with Gasteiger partial charge in [0.2, 0.25) is 5.91 Å². The van der Waals surface area contributed by atoms with Crippen LogP contribution in [0.4, 0.5) is 0 Å². The molecule has 5 rings (SSSR count). The predicted octanol–water partition coefficient (Wildman–Crippen LogP) is 3.93. The van der Waals surface area contributed by atoms with E-state index in [1.165, 1.54) is 0 Å². The summed E-state index contributed by atoms with van der Waals surface area (Å²) in [6, 6.07) is 33.7. The highest BCUT2D eigenvalue weighted by atomic mass is 16.7. The van der Waals surface area contributed by atoms with Crippen molar-refractivity contribution >= 4 is 11.8 Å². The Morgan fingerprint density at radius 2 is 1.56 bits per heavy atom. The molecule has 0 saturated carbocycles. The van der Waals surface area contributed by atoms with Crippen LogP contribution in [0, 0.1) is 17.8 Å². The minimum atomic E-state index is -0.892. The second kappa shape index (κ2) is 15.3. The largest absolute Gasteiger partial charge is 0.394 e. The van der Waals surface area contributed by atoms with Gasteiger partial charge in [-0.05, 0) is 53.4 Å². The van der Waals surface area contributed by atoms with Crippen molar-refractivity contribution in [2.24, 2.45) is 5.92 Å². The van der Waals surface area contributed by atoms with Gasteiger partial charge in [0.05, 0.1) is 25.8 Å². The number of rotatable bonds is 10. The average molecular weight is 604 g/mol. The fourth-order valence-electron chi connectivity index (χ4n) is 5.50. The molecule has 230 valence electrons. The van der Waals surface area contributed by atoms with Gasteiger partial charge in [0.25, 0.3) is 5.91 Å². The summed E-state index contributed by atoms with van der Waals surface area (Å²) in [6.45, 7) is 2.01. The molecule has 1 aliphatic rings. The molecular formula is C37H37N3O5. The van der Waals surface area contributed by atoms with Crippen LogP contribution < -0.4 is 10.6 Å². The van der Waals surface area contributed by atoms with Crippen molar-refractivity contribution in [1.29, 1.82) is 0 Å². The van der Waals surface area contributed by atoms with E-state index in [0.717, 1.165) is 27.8 Å². The quantitative estimate of drug-likeness (QED) is 0.205. The second-order valence-electron chi connectivity index (χ2n) is 11.0. The Morgan fingerprint density at radius 1 is 0.867 bits per heavy atom. The van der Waals surface area contributed by atoms with Crippen LogP contribution in [0.2, 0.25) is 0 Å². The number of carbonyl (C=O) groups is 2. The number of carbonyl (C=O) groups excluding carboxylic acids is 2. The first kappa shape index (κ1) is 31.6. The van der Waals surface area contributed by atoms with Gasteiger partial charge in [-0.1, -0.05) is 96.8 Å². The van der Waals surface area contributed by atoms with E-state index in [-0.39, 0.29) is 31.5 Å². The molecule has 4 aromatic rings. The monoisotopic (exact) mass is 603 g/mol. The number of nitrogens with zero attached hydrogens (tertiary/aromatic N) is 1. The van der Waals surface area contributed by atoms with Crippen molar-refractivity contribution in [1.82, 2.24) is 15.7 Å². The molecule has 8 nitrogen and oxygen atoms in total. The maximum Gasteiger partial charge on any atom is 0.252 e. The van der Waals surface area contributed by atoms with Crippen LogP contribution in [0.5, 0.6) is 0 Å². The van der Waals surface area contributed by atoms with Crippen LogP contribution in [-0.4, -0.2) is 58.5 Å². The zero-order valence-electron chi connectivity index (χ0n) is 25.1. The molecule has 0 bridgehead atoms. The van der Waals surface area contributed by atoms with E-state index in [1.807, 2.05) is 84.9 Å². The zero-order valence-corrected chi connectivity index (χ0v) is 25.1. The first-order valence-corrected chi connectivity index (χ1v) is 15.0. The molecule has 1 heterocycles. The number of hydrogen-bond donors (Lipinski definition) is 4. The topological polar surface area (TPSA) is 111 Å². The Bertz CT molecular complexity index is 1630. The minimum absolute atomic E-state index is 0.190. The fourth-order valence-corrected chi connectivity index (χ4v) is 5.50. The van der Waals surface area contributed by atoms with Gasteiger partial charge in [-0.3, -0.25) is 14.4 Å². The number of aliphatic hydroxyl groups is 2. The molecule has 4 aromatic carbocycles. The Balaban J connectivity index is 1.24. The maximum absolute atomic E-state index is 13.6. The molecule has 1 fully saturated rings. The number of amides is 2. The summed E-state index contributed by atoms with van der Waals surface area (Å²) in [5.74, 6) is 4.92. The van der Waals surface area contributed by atoms with Gasteiger partial charge in [-0.2, -0.15) is 5.06 Å². The van der Waals surface area contributed by atoms with Crippen LogP contribution in [-0.2, 0) is 22.7 Å². The molecule has 0 spiro atoms. The molecule has 4 atom stereocenters. The summed E-state index contributed by atoms with van der Waals surface area (Å²) < 4.78 is 0. The van der Waals surface area contributed by atoms with E-state index < -0.39 is 24.2 Å². The Labute approximate surface area is 263 Å². The summed E-state index contributed by atoms with van der Waals surface area (Å²) in [5.41, 5.74) is 5.30. The molecule has 1 aliphatic heterocycles. The Hall–Kier alpha value is -4.78. The van der Waals surface area contributed by atoms with Gasteiger partial charge < -0.3 is 20.8 Å². The highest BCUT2D eigenvalue weighted by molar-refractivity contribution is 5.94. The standard InChI is InChI=1S/C37H37N3O5/c1-26(42)34-33(25-41)45-40(35(34)37(44)39-23-28-17-19-31(20-18-28)30-13-4-2-5-14-30)24-29-11-8-10-27(22-29)12-9-21-38-36(43)32-15-6-3-7-16-32/h2-8,10-11,13-20,22,26,33-35,41-42H,21,23-25H2,1H3,(H,38,43)(H,39,44)/t26-,33-,34+,35-/m1/s1. The van der Waals surface area contributed by atoms with Crippen LogP contribution in [0.15, 0.2) is 109 Å². The van der Waals surface area contributed by atoms with E-state index in [2.05, 4.69) is 22.5 Å². The summed E-state index contributed by atoms with van der Waals surface area (Å²) in [5, 5.41) is 28.0. The smallest absolute Gasteiger partial charge is 0.252 e. The van der Waals surface area contributed by atoms with E-state index >= 15 is 0 Å². The van der Waals surface area contributed by atoms with Crippen molar-refractivity contribution in [3.63, 3.8) is 0 Å². The van der Waals surface area contributed by atoms with Crippen LogP contribution >= 0.6 is 0 Å². The van der Waals surface area contributed by atoms with E-state index in [4.69, 9.17) is 4.84 Å². The van der Waals surface area contributed by atoms with Crippen LogP contribution in [0.3, 0.4) is 0 Å². The molecule has 0 aromatic heterocycles. The zero-order chi connectivity index (χ0) is 31.6. The Morgan fingerprint density at radius 3 is 2.24 bits per heavy atom. The summed E-state index contributed by atoms with van der Waals surface area (Å²) in [4.78, 5) is 31.9. The molecule has 45 heavy (non-hydrogen) atoms. The number of hydroxylamine groups is 2. The third-order valence-electron chi connectivity index (χ3n) is 7.78. The van der Waals surface area contributed by atoms with Gasteiger partial charge in [-0.25, -0.2) is 0 Å². The third-order valence-corrected chi connectivity index (χ3v) is 7.78. The molecule has 0 radical (unpaired) electrons. The lowest BCUT2D eigenvalue weighted by Crippen LogP contribution is -2.48. The van der Waals surface area contributed by atoms with Crippen molar-refractivity contribution < 1.29 is 24.6 Å². The maximum atomic E-state index is 13.6. The lowest BCUT2D eigenvalue weighted by Gasteiger charge is -2.26. The number of nitrogens with one attached hydrogen (secondary N) is 2. The predicted molar refractivity (Wildman–Crippen MR) is 172 cm³/mol. The first-order chi connectivity index (χ1) is 21.9. The van der Waals surface area contributed by atoms with Gasteiger partial charge in [0.15, 0.2) is 0 Å². The first-order valence-electron chi connectivity index (χ1n) is 15.0. The SMILES string of the molecule is C[C@@H](O)[C@H]1[C@@H](CO)ON(Cc2cccc(C#CCNC(=O)c3ccccc3)c2)[C@H]1C(=O)NCc1ccc(-c2ccccc2)cc1. The van der Waals surface area contributed by atoms with Gasteiger partial charge in [0.1, 0.15) is 12.1 Å². The third kappa shape index (κ3) is 8.24. The minimum Gasteiger partial charge on any atom is -0.394 e. The summed E-state index contributed by atoms with van der Waals surface area (Å²) in [7, 11) is 0. The molecule has 1 saturated heterocycles. The molecule has 2 amide bonds. The van der Waals surface area contributed by atoms with Gasteiger partial charge in [0, 0.05) is 23.6 Å². The number of benzene rings is 4. The highest BCUT2D eigenvalue weighted by Crippen LogP contribution is 2.32. The molecule has 4 N–H and O–H groups in total. The average Bonchev–Trinajstić information content (AvgIpc) is 3.45. The fraction of sp³-hybridized carbons (Fsp3) is 0.243. The summed E-state index contributed by atoms with van der Waals surface area (Å²) >= 11 is 0. The lowest BCUT2D eigenvalue weighted by molar-refractivity contribution is -0.181. The molecule has 0 aliphatic carbocycles. The number of aliphatic hydroxyl groups excluding tert-OH is 2. The molecular weight excluding hydrogens is 566 g/mol. The normalized spacial score (nSPS) is 18.4.